The lowest BCUT2D eigenvalue weighted by Gasteiger charge is -2.08. The summed E-state index contributed by atoms with van der Waals surface area (Å²) in [6, 6.07) is 5.25. The standard InChI is InChI=1S/C14H21N3O3/c1-4-7-16-14(15)17-9-10-5-6-12(19-2)11(8-10)13(18)20-3/h5-6,8H,4,7,9H2,1-3H3,(H3,15,16,17). The maximum Gasteiger partial charge on any atom is 0.341 e. The predicted molar refractivity (Wildman–Crippen MR) is 78.0 cm³/mol. The third kappa shape index (κ3) is 4.46. The van der Waals surface area contributed by atoms with Gasteiger partial charge in [-0.3, -0.25) is 0 Å². The molecule has 0 amide bonds. The van der Waals surface area contributed by atoms with Crippen LogP contribution in [0, 0.1) is 0 Å². The first-order valence-corrected chi connectivity index (χ1v) is 6.41. The van der Waals surface area contributed by atoms with Crippen molar-refractivity contribution in [3.05, 3.63) is 29.3 Å². The van der Waals surface area contributed by atoms with Crippen LogP contribution in [0.25, 0.3) is 0 Å². The van der Waals surface area contributed by atoms with E-state index >= 15 is 0 Å². The van der Waals surface area contributed by atoms with E-state index in [-0.39, 0.29) is 0 Å². The molecule has 1 rings (SSSR count). The molecule has 0 heterocycles. The molecule has 6 heteroatoms. The number of nitrogens with one attached hydrogen (secondary N) is 1. The van der Waals surface area contributed by atoms with Gasteiger partial charge in [0.15, 0.2) is 5.96 Å². The Morgan fingerprint density at radius 1 is 1.40 bits per heavy atom. The topological polar surface area (TPSA) is 85.9 Å². The van der Waals surface area contributed by atoms with E-state index in [9.17, 15) is 4.79 Å². The van der Waals surface area contributed by atoms with Gasteiger partial charge in [-0.05, 0) is 24.1 Å². The summed E-state index contributed by atoms with van der Waals surface area (Å²) in [6.45, 7) is 3.22. The highest BCUT2D eigenvalue weighted by atomic mass is 16.5. The predicted octanol–water partition coefficient (Wildman–Crippen LogP) is 1.30. The van der Waals surface area contributed by atoms with E-state index in [0.717, 1.165) is 18.5 Å². The molecule has 0 saturated carbocycles. The van der Waals surface area contributed by atoms with Crippen LogP contribution >= 0.6 is 0 Å². The molecule has 0 radical (unpaired) electrons. The molecule has 0 aliphatic heterocycles. The molecular weight excluding hydrogens is 258 g/mol. The van der Waals surface area contributed by atoms with Crippen molar-refractivity contribution in [3.8, 4) is 5.75 Å². The van der Waals surface area contributed by atoms with Gasteiger partial charge in [-0.15, -0.1) is 0 Å². The minimum absolute atomic E-state index is 0.378. The van der Waals surface area contributed by atoms with Crippen molar-refractivity contribution in [1.29, 1.82) is 0 Å². The van der Waals surface area contributed by atoms with Crippen molar-refractivity contribution >= 4 is 11.9 Å². The number of carbonyl (C=O) groups is 1. The second-order valence-electron chi connectivity index (χ2n) is 4.15. The monoisotopic (exact) mass is 279 g/mol. The highest BCUT2D eigenvalue weighted by molar-refractivity contribution is 5.92. The fourth-order valence-corrected chi connectivity index (χ4v) is 1.61. The van der Waals surface area contributed by atoms with E-state index in [2.05, 4.69) is 10.3 Å². The average molecular weight is 279 g/mol. The SMILES string of the molecule is CCCNC(N)=NCc1ccc(OC)c(C(=O)OC)c1. The Balaban J connectivity index is 2.84. The first-order chi connectivity index (χ1) is 9.62. The van der Waals surface area contributed by atoms with Gasteiger partial charge in [0.05, 0.1) is 20.8 Å². The zero-order valence-electron chi connectivity index (χ0n) is 12.1. The maximum atomic E-state index is 11.6. The van der Waals surface area contributed by atoms with Crippen LogP contribution < -0.4 is 15.8 Å². The summed E-state index contributed by atoms with van der Waals surface area (Å²) in [5.74, 6) is 0.425. The average Bonchev–Trinajstić information content (AvgIpc) is 2.49. The number of rotatable bonds is 6. The molecule has 0 aromatic heterocycles. The second kappa shape index (κ2) is 8.04. The van der Waals surface area contributed by atoms with E-state index in [0.29, 0.717) is 23.8 Å². The van der Waals surface area contributed by atoms with Crippen molar-refractivity contribution in [2.45, 2.75) is 19.9 Å². The van der Waals surface area contributed by atoms with Crippen LogP contribution in [-0.4, -0.2) is 32.7 Å². The molecule has 0 aliphatic carbocycles. The van der Waals surface area contributed by atoms with E-state index in [1.54, 1.807) is 12.1 Å². The number of benzene rings is 1. The first kappa shape index (κ1) is 15.8. The zero-order chi connectivity index (χ0) is 15.0. The van der Waals surface area contributed by atoms with Gasteiger partial charge in [-0.1, -0.05) is 13.0 Å². The summed E-state index contributed by atoms with van der Waals surface area (Å²) in [5.41, 5.74) is 6.94. The summed E-state index contributed by atoms with van der Waals surface area (Å²) in [7, 11) is 2.84. The first-order valence-electron chi connectivity index (χ1n) is 6.41. The van der Waals surface area contributed by atoms with Gasteiger partial charge in [0.2, 0.25) is 0 Å². The fraction of sp³-hybridized carbons (Fsp3) is 0.429. The van der Waals surface area contributed by atoms with E-state index < -0.39 is 5.97 Å². The Bertz CT molecular complexity index is 487. The van der Waals surface area contributed by atoms with Crippen LogP contribution in [0.5, 0.6) is 5.75 Å². The molecule has 0 atom stereocenters. The van der Waals surface area contributed by atoms with Crippen LogP contribution in [0.4, 0.5) is 0 Å². The Kier molecular flexibility index (Phi) is 6.36. The fourth-order valence-electron chi connectivity index (χ4n) is 1.61. The van der Waals surface area contributed by atoms with Gasteiger partial charge in [0.1, 0.15) is 11.3 Å². The minimum Gasteiger partial charge on any atom is -0.496 e. The maximum absolute atomic E-state index is 11.6. The number of aliphatic imine (C=N–C) groups is 1. The molecule has 110 valence electrons. The number of methoxy groups -OCH3 is 2. The Hall–Kier alpha value is -2.24. The smallest absolute Gasteiger partial charge is 0.341 e. The highest BCUT2D eigenvalue weighted by Gasteiger charge is 2.13. The number of hydrogen-bond donors (Lipinski definition) is 2. The van der Waals surface area contributed by atoms with Crippen LogP contribution in [0.3, 0.4) is 0 Å². The molecule has 0 fully saturated rings. The number of guanidine groups is 1. The molecule has 20 heavy (non-hydrogen) atoms. The van der Waals surface area contributed by atoms with Crippen LogP contribution in [0.1, 0.15) is 29.3 Å². The molecule has 0 unspecified atom stereocenters. The van der Waals surface area contributed by atoms with Gasteiger partial charge >= 0.3 is 5.97 Å². The molecule has 0 spiro atoms. The highest BCUT2D eigenvalue weighted by Crippen LogP contribution is 2.21. The Labute approximate surface area is 119 Å². The molecule has 0 saturated heterocycles. The third-order valence-electron chi connectivity index (χ3n) is 2.66. The van der Waals surface area contributed by atoms with Crippen molar-refractivity contribution in [2.24, 2.45) is 10.7 Å². The van der Waals surface area contributed by atoms with Gasteiger partial charge < -0.3 is 20.5 Å². The van der Waals surface area contributed by atoms with Gasteiger partial charge in [-0.25, -0.2) is 9.79 Å². The molecule has 0 aliphatic rings. The molecule has 3 N–H and O–H groups in total. The number of carbonyl (C=O) groups excluding carboxylic acids is 1. The van der Waals surface area contributed by atoms with E-state index in [1.165, 1.54) is 14.2 Å². The number of nitrogens with two attached hydrogens (primary N) is 1. The zero-order valence-corrected chi connectivity index (χ0v) is 12.1. The number of hydrogen-bond acceptors (Lipinski definition) is 4. The van der Waals surface area contributed by atoms with Crippen molar-refractivity contribution in [2.75, 3.05) is 20.8 Å². The van der Waals surface area contributed by atoms with Gasteiger partial charge in [0.25, 0.3) is 0 Å². The van der Waals surface area contributed by atoms with Crippen LogP contribution in [0.15, 0.2) is 23.2 Å². The number of nitrogens with zero attached hydrogens (tertiary/aromatic N) is 1. The van der Waals surface area contributed by atoms with E-state index in [1.807, 2.05) is 13.0 Å². The Morgan fingerprint density at radius 3 is 2.75 bits per heavy atom. The summed E-state index contributed by atoms with van der Waals surface area (Å²) in [6.07, 6.45) is 0.977. The largest absolute Gasteiger partial charge is 0.496 e. The summed E-state index contributed by atoms with van der Waals surface area (Å²) >= 11 is 0. The van der Waals surface area contributed by atoms with Gasteiger partial charge in [-0.2, -0.15) is 0 Å². The third-order valence-corrected chi connectivity index (χ3v) is 2.66. The van der Waals surface area contributed by atoms with Crippen molar-refractivity contribution in [1.82, 2.24) is 5.32 Å². The normalized spacial score (nSPS) is 11.1. The summed E-state index contributed by atoms with van der Waals surface area (Å²) < 4.78 is 9.85. The second-order valence-corrected chi connectivity index (χ2v) is 4.15. The van der Waals surface area contributed by atoms with E-state index in [4.69, 9.17) is 15.2 Å². The molecule has 0 bridgehead atoms. The lowest BCUT2D eigenvalue weighted by atomic mass is 10.1. The van der Waals surface area contributed by atoms with Crippen LogP contribution in [0.2, 0.25) is 0 Å². The lowest BCUT2D eigenvalue weighted by molar-refractivity contribution is 0.0597. The van der Waals surface area contributed by atoms with Gasteiger partial charge in [0, 0.05) is 6.54 Å². The lowest BCUT2D eigenvalue weighted by Crippen LogP contribution is -2.32. The number of ether oxygens (including phenoxy) is 2. The number of esters is 1. The summed E-state index contributed by atoms with van der Waals surface area (Å²) in [4.78, 5) is 15.9. The summed E-state index contributed by atoms with van der Waals surface area (Å²) in [5, 5.41) is 2.99. The minimum atomic E-state index is -0.440. The van der Waals surface area contributed by atoms with Crippen LogP contribution in [-0.2, 0) is 11.3 Å². The Morgan fingerprint density at radius 2 is 2.15 bits per heavy atom. The molecular formula is C14H21N3O3. The molecule has 1 aromatic carbocycles. The molecule has 6 nitrogen and oxygen atoms in total. The molecule has 1 aromatic rings. The van der Waals surface area contributed by atoms with Crippen molar-refractivity contribution in [3.63, 3.8) is 0 Å². The van der Waals surface area contributed by atoms with Crippen molar-refractivity contribution < 1.29 is 14.3 Å². The quantitative estimate of drug-likeness (QED) is 0.465.